The Morgan fingerprint density at radius 3 is 1.44 bits per heavy atom. The molecule has 3 heteroatoms. The molecule has 0 atom stereocenters. The second-order valence-corrected chi connectivity index (χ2v) is 1.52. The summed E-state index contributed by atoms with van der Waals surface area (Å²) in [6.45, 7) is 5.44. The van der Waals surface area contributed by atoms with Crippen molar-refractivity contribution in [3.05, 3.63) is 0 Å². The molecule has 0 saturated carbocycles. The van der Waals surface area contributed by atoms with E-state index in [0.29, 0.717) is 0 Å². The molecule has 60 valence electrons. The molecule has 0 aromatic heterocycles. The van der Waals surface area contributed by atoms with Crippen LogP contribution in [0.1, 0.15) is 33.6 Å². The summed E-state index contributed by atoms with van der Waals surface area (Å²) in [5.74, 6) is -0.833. The largest absolute Gasteiger partial charge is 0.481 e. The van der Waals surface area contributed by atoms with E-state index in [2.05, 4.69) is 13.8 Å². The van der Waals surface area contributed by atoms with Gasteiger partial charge in [-0.05, 0) is 0 Å². The Morgan fingerprint density at radius 2 is 1.44 bits per heavy atom. The predicted octanol–water partition coefficient (Wildman–Crippen LogP) is 1.89. The molecule has 0 aliphatic rings. The summed E-state index contributed by atoms with van der Waals surface area (Å²) >= 11 is 0. The molecule has 0 amide bonds. The van der Waals surface area contributed by atoms with Gasteiger partial charge in [0.1, 0.15) is 0 Å². The Hall–Kier alpha value is 0.132. The van der Waals surface area contributed by atoms with E-state index in [4.69, 9.17) is 9.90 Å². The summed E-state index contributed by atoms with van der Waals surface area (Å²) in [6.07, 6.45) is 2.64. The van der Waals surface area contributed by atoms with E-state index >= 15 is 0 Å². The minimum Gasteiger partial charge on any atom is -0.481 e. The van der Waals surface area contributed by atoms with Gasteiger partial charge in [0.2, 0.25) is 0 Å². The molecule has 0 saturated heterocycles. The van der Waals surface area contributed by atoms with Crippen molar-refractivity contribution in [3.63, 3.8) is 0 Å². The van der Waals surface area contributed by atoms with Gasteiger partial charge in [0.25, 0.3) is 5.97 Å². The molecular formula is C6H14O2Pd. The van der Waals surface area contributed by atoms with Gasteiger partial charge in [-0.25, -0.2) is 0 Å². The first-order valence-electron chi connectivity index (χ1n) is 2.84. The molecule has 0 bridgehead atoms. The summed E-state index contributed by atoms with van der Waals surface area (Å²) in [6, 6.07) is 0. The zero-order valence-corrected chi connectivity index (χ0v) is 7.64. The number of hydrogen-bond acceptors (Lipinski definition) is 1. The molecule has 0 heterocycles. The fraction of sp³-hybridized carbons (Fsp3) is 0.833. The van der Waals surface area contributed by atoms with Crippen LogP contribution < -0.4 is 0 Å². The molecule has 0 aromatic carbocycles. The third-order valence-corrected chi connectivity index (χ3v) is 0.500. The maximum absolute atomic E-state index is 9.00. The van der Waals surface area contributed by atoms with E-state index in [1.54, 1.807) is 0 Å². The Morgan fingerprint density at radius 1 is 1.33 bits per heavy atom. The van der Waals surface area contributed by atoms with Crippen LogP contribution in [0.25, 0.3) is 0 Å². The van der Waals surface area contributed by atoms with Crippen molar-refractivity contribution in [1.29, 1.82) is 0 Å². The van der Waals surface area contributed by atoms with Crippen LogP contribution in [0.5, 0.6) is 0 Å². The molecule has 0 rings (SSSR count). The molecule has 0 unspecified atom stereocenters. The summed E-state index contributed by atoms with van der Waals surface area (Å²) in [7, 11) is 0. The van der Waals surface area contributed by atoms with Crippen LogP contribution in [-0.4, -0.2) is 11.1 Å². The van der Waals surface area contributed by atoms with Crippen LogP contribution >= 0.6 is 0 Å². The smallest absolute Gasteiger partial charge is 0.300 e. The first-order valence-corrected chi connectivity index (χ1v) is 2.84. The van der Waals surface area contributed by atoms with Gasteiger partial charge in [-0.15, -0.1) is 0 Å². The first kappa shape index (κ1) is 16.1. The van der Waals surface area contributed by atoms with Crippen LogP contribution in [0.2, 0.25) is 0 Å². The molecule has 9 heavy (non-hydrogen) atoms. The van der Waals surface area contributed by atoms with Gasteiger partial charge < -0.3 is 5.11 Å². The van der Waals surface area contributed by atoms with Crippen molar-refractivity contribution in [1.82, 2.24) is 0 Å². The predicted molar refractivity (Wildman–Crippen MR) is 33.9 cm³/mol. The Bertz CT molecular complexity index is 49.0. The van der Waals surface area contributed by atoms with Crippen molar-refractivity contribution >= 4 is 5.97 Å². The second-order valence-electron chi connectivity index (χ2n) is 1.52. The van der Waals surface area contributed by atoms with Crippen LogP contribution in [0.3, 0.4) is 0 Å². The van der Waals surface area contributed by atoms with E-state index < -0.39 is 5.97 Å². The number of carboxylic acids is 1. The quantitative estimate of drug-likeness (QED) is 0.691. The molecule has 1 N–H and O–H groups in total. The fourth-order valence-corrected chi connectivity index (χ4v) is 0. The molecule has 0 fully saturated rings. The monoisotopic (exact) mass is 224 g/mol. The molecule has 0 aromatic rings. The Balaban J connectivity index is -0.0000000720. The summed E-state index contributed by atoms with van der Waals surface area (Å²) < 4.78 is 0. The number of carbonyl (C=O) groups is 1. The van der Waals surface area contributed by atoms with Gasteiger partial charge in [0.15, 0.2) is 0 Å². The van der Waals surface area contributed by atoms with E-state index in [1.807, 2.05) is 0 Å². The van der Waals surface area contributed by atoms with Gasteiger partial charge >= 0.3 is 0 Å². The van der Waals surface area contributed by atoms with E-state index in [0.717, 1.165) is 6.92 Å². The second kappa shape index (κ2) is 15.7. The van der Waals surface area contributed by atoms with E-state index in [1.165, 1.54) is 12.8 Å². The third-order valence-electron chi connectivity index (χ3n) is 0.500. The molecule has 0 aliphatic carbocycles. The van der Waals surface area contributed by atoms with Crippen LogP contribution in [0, 0.1) is 0 Å². The standard InChI is InChI=1S/C4H10.C2H4O2.Pd/c1-3-4-2;1-2(3)4;/h3-4H2,1-2H3;1H3,(H,3,4);. The van der Waals surface area contributed by atoms with Crippen molar-refractivity contribution < 1.29 is 30.3 Å². The summed E-state index contributed by atoms with van der Waals surface area (Å²) in [5, 5.41) is 7.42. The van der Waals surface area contributed by atoms with E-state index in [-0.39, 0.29) is 20.4 Å². The van der Waals surface area contributed by atoms with Crippen molar-refractivity contribution in [2.75, 3.05) is 0 Å². The van der Waals surface area contributed by atoms with Gasteiger partial charge in [-0.2, -0.15) is 0 Å². The van der Waals surface area contributed by atoms with Gasteiger partial charge in [-0.1, -0.05) is 26.7 Å². The summed E-state index contributed by atoms with van der Waals surface area (Å²) in [5.41, 5.74) is 0. The van der Waals surface area contributed by atoms with Crippen LogP contribution in [-0.2, 0) is 25.2 Å². The minimum atomic E-state index is -0.833. The van der Waals surface area contributed by atoms with Gasteiger partial charge in [0.05, 0.1) is 0 Å². The average Bonchev–Trinajstić information content (AvgIpc) is 1.65. The SMILES string of the molecule is CC(=O)O.CCCC.[Pd]. The number of carboxylic acid groups (broad SMARTS) is 1. The van der Waals surface area contributed by atoms with Crippen molar-refractivity contribution in [2.24, 2.45) is 0 Å². The van der Waals surface area contributed by atoms with Gasteiger partial charge in [0, 0.05) is 27.3 Å². The number of unbranched alkanes of at least 4 members (excludes halogenated alkanes) is 1. The third kappa shape index (κ3) is 239. The van der Waals surface area contributed by atoms with Crippen LogP contribution in [0.4, 0.5) is 0 Å². The normalized spacial score (nSPS) is 6.11. The van der Waals surface area contributed by atoms with E-state index in [9.17, 15) is 0 Å². The first-order chi connectivity index (χ1) is 3.65. The molecule has 0 aliphatic heterocycles. The zero-order chi connectivity index (χ0) is 6.99. The maximum atomic E-state index is 9.00. The molecule has 0 spiro atoms. The maximum Gasteiger partial charge on any atom is 0.300 e. The zero-order valence-electron chi connectivity index (χ0n) is 6.09. The number of hydrogen-bond donors (Lipinski definition) is 1. The Kier molecular flexibility index (Phi) is 28.0. The summed E-state index contributed by atoms with van der Waals surface area (Å²) in [4.78, 5) is 9.00. The number of aliphatic carboxylic acids is 1. The molecule has 2 nitrogen and oxygen atoms in total. The Labute approximate surface area is 70.3 Å². The molecule has 0 radical (unpaired) electrons. The topological polar surface area (TPSA) is 37.3 Å². The minimum absolute atomic E-state index is 0. The van der Waals surface area contributed by atoms with Gasteiger partial charge in [-0.3, -0.25) is 4.79 Å². The van der Waals surface area contributed by atoms with Crippen LogP contribution in [0.15, 0.2) is 0 Å². The van der Waals surface area contributed by atoms with Crippen molar-refractivity contribution in [3.8, 4) is 0 Å². The average molecular weight is 225 g/mol. The fourth-order valence-electron chi connectivity index (χ4n) is 0. The molecular weight excluding hydrogens is 210 g/mol. The van der Waals surface area contributed by atoms with Crippen molar-refractivity contribution in [2.45, 2.75) is 33.6 Å². The number of rotatable bonds is 1.